The summed E-state index contributed by atoms with van der Waals surface area (Å²) in [5.74, 6) is -0.546. The first-order valence-corrected chi connectivity index (χ1v) is 13.3. The highest BCUT2D eigenvalue weighted by atomic mass is 19.3. The molecule has 192 valence electrons. The Bertz CT molecular complexity index is 604. The average molecular weight is 483 g/mol. The van der Waals surface area contributed by atoms with E-state index in [0.717, 1.165) is 32.1 Å². The summed E-state index contributed by atoms with van der Waals surface area (Å²) < 4.78 is 90.8. The van der Waals surface area contributed by atoms with Gasteiger partial charge in [0.05, 0.1) is 12.0 Å². The van der Waals surface area contributed by atoms with Crippen molar-refractivity contribution in [1.29, 1.82) is 0 Å². The van der Waals surface area contributed by atoms with Crippen molar-refractivity contribution < 1.29 is 31.1 Å². The van der Waals surface area contributed by atoms with Gasteiger partial charge in [-0.15, -0.1) is 0 Å². The molecule has 7 heteroatoms. The van der Waals surface area contributed by atoms with Crippen LogP contribution in [-0.2, 0) is 4.74 Å². The van der Waals surface area contributed by atoms with Crippen LogP contribution in [0.5, 0.6) is 0 Å². The Hall–Kier alpha value is -0.460. The first-order valence-electron chi connectivity index (χ1n) is 13.3. The molecule has 0 aromatic heterocycles. The van der Waals surface area contributed by atoms with E-state index in [1.54, 1.807) is 0 Å². The van der Waals surface area contributed by atoms with E-state index in [1.165, 1.54) is 0 Å². The van der Waals surface area contributed by atoms with Crippen molar-refractivity contribution in [3.05, 3.63) is 0 Å². The molecular formula is C26H40F6O. The van der Waals surface area contributed by atoms with Crippen LogP contribution < -0.4 is 0 Å². The normalized spacial score (nSPS) is 47.9. The Kier molecular flexibility index (Phi) is 8.28. The minimum absolute atomic E-state index is 0.0894. The standard InChI is InChI=1S/C26H40F6O/c1-15-2-7-19(8-3-15)26(31,32)33-20-9-4-16(5-10-20)17-6-11-21(22(27)12-17)18-13-23(28)25(30)24(29)14-18/h15-25H,2-14H2,1H3. The molecule has 0 spiro atoms. The van der Waals surface area contributed by atoms with E-state index in [4.69, 9.17) is 4.74 Å². The van der Waals surface area contributed by atoms with Gasteiger partial charge in [-0.25, -0.2) is 17.6 Å². The van der Waals surface area contributed by atoms with Crippen LogP contribution in [0.3, 0.4) is 0 Å². The van der Waals surface area contributed by atoms with Gasteiger partial charge in [0.15, 0.2) is 6.17 Å². The second-order valence-electron chi connectivity index (χ2n) is 11.6. The molecule has 0 aromatic carbocycles. The van der Waals surface area contributed by atoms with Gasteiger partial charge in [0, 0.05) is 0 Å². The molecule has 0 heterocycles. The molecule has 4 rings (SSSR count). The number of ether oxygens (including phenoxy) is 1. The SMILES string of the molecule is CC1CCC(C(F)(F)OC2CCC(C3CCC(C4CC(F)C(F)C(F)C4)C(F)C3)CC2)CC1. The van der Waals surface area contributed by atoms with Crippen LogP contribution in [0.15, 0.2) is 0 Å². The summed E-state index contributed by atoms with van der Waals surface area (Å²) in [5, 5.41) is 0. The first-order chi connectivity index (χ1) is 15.6. The predicted molar refractivity (Wildman–Crippen MR) is 116 cm³/mol. The van der Waals surface area contributed by atoms with Crippen molar-refractivity contribution in [2.45, 2.75) is 127 Å². The molecule has 0 bridgehead atoms. The van der Waals surface area contributed by atoms with E-state index in [1.807, 2.05) is 0 Å². The summed E-state index contributed by atoms with van der Waals surface area (Å²) in [5.41, 5.74) is 0. The van der Waals surface area contributed by atoms with Gasteiger partial charge in [0.25, 0.3) is 0 Å². The van der Waals surface area contributed by atoms with Crippen molar-refractivity contribution in [2.24, 2.45) is 35.5 Å². The summed E-state index contributed by atoms with van der Waals surface area (Å²) in [6.45, 7) is 2.11. The van der Waals surface area contributed by atoms with Crippen LogP contribution in [0.1, 0.15) is 90.4 Å². The van der Waals surface area contributed by atoms with Crippen LogP contribution in [0, 0.1) is 35.5 Å². The smallest absolute Gasteiger partial charge is 0.317 e. The van der Waals surface area contributed by atoms with E-state index in [9.17, 15) is 22.0 Å². The van der Waals surface area contributed by atoms with Crippen molar-refractivity contribution in [3.8, 4) is 0 Å². The Balaban J connectivity index is 1.22. The largest absolute Gasteiger partial charge is 0.358 e. The molecule has 4 saturated carbocycles. The lowest BCUT2D eigenvalue weighted by Gasteiger charge is -2.43. The fraction of sp³-hybridized carbons (Fsp3) is 1.00. The van der Waals surface area contributed by atoms with E-state index < -0.39 is 54.7 Å². The average Bonchev–Trinajstić information content (AvgIpc) is 2.77. The maximum absolute atomic E-state index is 15.1. The number of rotatable bonds is 5. The minimum Gasteiger partial charge on any atom is -0.317 e. The molecule has 1 nitrogen and oxygen atoms in total. The van der Waals surface area contributed by atoms with E-state index in [-0.39, 0.29) is 24.7 Å². The molecular weight excluding hydrogens is 442 g/mol. The molecule has 0 saturated heterocycles. The molecule has 5 unspecified atom stereocenters. The predicted octanol–water partition coefficient (Wildman–Crippen LogP) is 8.16. The molecule has 0 N–H and O–H groups in total. The Labute approximate surface area is 194 Å². The van der Waals surface area contributed by atoms with Gasteiger partial charge in [0.1, 0.15) is 18.5 Å². The Morgan fingerprint density at radius 2 is 1.15 bits per heavy atom. The summed E-state index contributed by atoms with van der Waals surface area (Å²) in [6.07, 6.45) is -3.48. The second kappa shape index (κ2) is 10.7. The summed E-state index contributed by atoms with van der Waals surface area (Å²) in [6, 6.07) is 0. The summed E-state index contributed by atoms with van der Waals surface area (Å²) >= 11 is 0. The first kappa shape index (κ1) is 25.6. The second-order valence-corrected chi connectivity index (χ2v) is 11.6. The van der Waals surface area contributed by atoms with Crippen LogP contribution >= 0.6 is 0 Å². The van der Waals surface area contributed by atoms with Gasteiger partial charge in [-0.1, -0.05) is 19.8 Å². The molecule has 4 aliphatic rings. The van der Waals surface area contributed by atoms with Crippen LogP contribution in [0.25, 0.3) is 0 Å². The molecule has 4 aliphatic carbocycles. The van der Waals surface area contributed by atoms with Crippen molar-refractivity contribution in [3.63, 3.8) is 0 Å². The Morgan fingerprint density at radius 1 is 0.606 bits per heavy atom. The van der Waals surface area contributed by atoms with Crippen LogP contribution in [-0.4, -0.2) is 36.9 Å². The molecule has 4 fully saturated rings. The highest BCUT2D eigenvalue weighted by molar-refractivity contribution is 4.95. The zero-order valence-electron chi connectivity index (χ0n) is 19.7. The number of alkyl halides is 6. The highest BCUT2D eigenvalue weighted by Crippen LogP contribution is 2.48. The van der Waals surface area contributed by atoms with E-state index >= 15 is 4.39 Å². The van der Waals surface area contributed by atoms with Gasteiger partial charge >= 0.3 is 6.11 Å². The van der Waals surface area contributed by atoms with Gasteiger partial charge in [-0.3, -0.25) is 0 Å². The van der Waals surface area contributed by atoms with E-state index in [2.05, 4.69) is 6.92 Å². The fourth-order valence-corrected chi connectivity index (χ4v) is 7.23. The third kappa shape index (κ3) is 6.03. The lowest BCUT2D eigenvalue weighted by Crippen LogP contribution is -2.44. The third-order valence-electron chi connectivity index (χ3n) is 9.42. The molecule has 0 radical (unpaired) electrons. The number of hydrogen-bond acceptors (Lipinski definition) is 1. The van der Waals surface area contributed by atoms with Crippen molar-refractivity contribution in [1.82, 2.24) is 0 Å². The molecule has 0 amide bonds. The highest BCUT2D eigenvalue weighted by Gasteiger charge is 2.47. The van der Waals surface area contributed by atoms with Gasteiger partial charge in [-0.05, 0) is 100 Å². The monoisotopic (exact) mass is 482 g/mol. The number of halogens is 6. The minimum atomic E-state index is -3.07. The molecule has 33 heavy (non-hydrogen) atoms. The van der Waals surface area contributed by atoms with Crippen LogP contribution in [0.2, 0.25) is 0 Å². The maximum atomic E-state index is 15.1. The number of hydrogen-bond donors (Lipinski definition) is 0. The van der Waals surface area contributed by atoms with Crippen molar-refractivity contribution in [2.75, 3.05) is 0 Å². The van der Waals surface area contributed by atoms with Crippen molar-refractivity contribution >= 4 is 0 Å². The lowest BCUT2D eigenvalue weighted by molar-refractivity contribution is -0.302. The van der Waals surface area contributed by atoms with Gasteiger partial charge in [-0.2, -0.15) is 8.78 Å². The van der Waals surface area contributed by atoms with Gasteiger partial charge < -0.3 is 4.74 Å². The maximum Gasteiger partial charge on any atom is 0.358 e. The zero-order chi connectivity index (χ0) is 23.8. The Morgan fingerprint density at radius 3 is 1.73 bits per heavy atom. The topological polar surface area (TPSA) is 9.23 Å². The fourth-order valence-electron chi connectivity index (χ4n) is 7.23. The molecule has 0 aliphatic heterocycles. The quantitative estimate of drug-likeness (QED) is 0.359. The van der Waals surface area contributed by atoms with E-state index in [0.29, 0.717) is 44.4 Å². The summed E-state index contributed by atoms with van der Waals surface area (Å²) in [7, 11) is 0. The third-order valence-corrected chi connectivity index (χ3v) is 9.42. The zero-order valence-corrected chi connectivity index (χ0v) is 19.7. The van der Waals surface area contributed by atoms with Gasteiger partial charge in [0.2, 0.25) is 0 Å². The van der Waals surface area contributed by atoms with Crippen LogP contribution in [0.4, 0.5) is 26.3 Å². The molecule has 5 atom stereocenters. The molecule has 0 aromatic rings. The summed E-state index contributed by atoms with van der Waals surface area (Å²) in [4.78, 5) is 0. The lowest BCUT2D eigenvalue weighted by atomic mass is 9.65.